The van der Waals surface area contributed by atoms with Crippen LogP contribution in [0.2, 0.25) is 0 Å². The van der Waals surface area contributed by atoms with Gasteiger partial charge in [0, 0.05) is 13.1 Å². The Morgan fingerprint density at radius 1 is 1.30 bits per heavy atom. The normalized spacial score (nSPS) is 11.6. The molecule has 1 N–H and O–H groups in total. The lowest BCUT2D eigenvalue weighted by Crippen LogP contribution is -2.16. The van der Waals surface area contributed by atoms with Crippen molar-refractivity contribution in [1.82, 2.24) is 14.8 Å². The highest BCUT2D eigenvalue weighted by Gasteiger charge is 2.37. The Labute approximate surface area is 130 Å². The summed E-state index contributed by atoms with van der Waals surface area (Å²) < 4.78 is 64.6. The van der Waals surface area contributed by atoms with Gasteiger partial charge in [-0.3, -0.25) is 4.79 Å². The fourth-order valence-electron chi connectivity index (χ4n) is 1.60. The van der Waals surface area contributed by atoms with Crippen LogP contribution in [0, 0.1) is 11.6 Å². The average Bonchev–Trinajstić information content (AvgIpc) is 2.82. The van der Waals surface area contributed by atoms with Gasteiger partial charge in [-0.2, -0.15) is 13.2 Å². The summed E-state index contributed by atoms with van der Waals surface area (Å²) in [6.07, 6.45) is -4.66. The number of nitrogens with zero attached hydrogens (tertiary/aromatic N) is 3. The molecule has 5 nitrogen and oxygen atoms in total. The van der Waals surface area contributed by atoms with Gasteiger partial charge in [0.05, 0.1) is 11.4 Å². The van der Waals surface area contributed by atoms with E-state index in [4.69, 9.17) is 0 Å². The number of amides is 1. The highest BCUT2D eigenvalue weighted by Crippen LogP contribution is 2.29. The largest absolute Gasteiger partial charge is 0.451 e. The summed E-state index contributed by atoms with van der Waals surface area (Å²) >= 11 is 0.683. The summed E-state index contributed by atoms with van der Waals surface area (Å²) in [4.78, 5) is 11.7. The maximum absolute atomic E-state index is 13.4. The molecule has 0 bridgehead atoms. The zero-order chi connectivity index (χ0) is 17.2. The number of carbonyl (C=O) groups excluding carboxylic acids is 1. The molecule has 1 amide bonds. The molecular weight excluding hydrogens is 343 g/mol. The smallest absolute Gasteiger partial charge is 0.323 e. The van der Waals surface area contributed by atoms with Gasteiger partial charge < -0.3 is 9.88 Å². The monoisotopic (exact) mass is 352 g/mol. The fraction of sp³-hybridized carbons (Fsp3) is 0.250. The van der Waals surface area contributed by atoms with Gasteiger partial charge >= 0.3 is 6.18 Å². The Kier molecular flexibility index (Phi) is 4.88. The Morgan fingerprint density at radius 2 is 2.00 bits per heavy atom. The van der Waals surface area contributed by atoms with Crippen LogP contribution in [0.1, 0.15) is 5.82 Å². The summed E-state index contributed by atoms with van der Waals surface area (Å²) in [7, 11) is 1.11. The van der Waals surface area contributed by atoms with Crippen molar-refractivity contribution in [2.75, 3.05) is 11.1 Å². The van der Waals surface area contributed by atoms with E-state index in [1.165, 1.54) is 0 Å². The summed E-state index contributed by atoms with van der Waals surface area (Å²) in [5.41, 5.74) is -0.357. The number of nitrogens with one attached hydrogen (secondary N) is 1. The average molecular weight is 352 g/mol. The molecule has 0 aliphatic rings. The summed E-state index contributed by atoms with van der Waals surface area (Å²) in [5.74, 6) is -3.84. The number of aromatic nitrogens is 3. The van der Waals surface area contributed by atoms with E-state index in [1.54, 1.807) is 0 Å². The molecule has 1 heterocycles. The highest BCUT2D eigenvalue weighted by molar-refractivity contribution is 7.99. The van der Waals surface area contributed by atoms with Gasteiger partial charge in [-0.25, -0.2) is 8.78 Å². The molecule has 0 aliphatic carbocycles. The van der Waals surface area contributed by atoms with Gasteiger partial charge in [0.1, 0.15) is 11.6 Å². The standard InChI is InChI=1S/C12H9F5N4OS/c1-21-10(12(15,16)17)19-20-11(21)23-5-9(22)18-8-4-6(13)2-3-7(8)14/h2-4H,5H2,1H3,(H,18,22). The minimum atomic E-state index is -4.66. The van der Waals surface area contributed by atoms with Crippen molar-refractivity contribution in [3.8, 4) is 0 Å². The lowest BCUT2D eigenvalue weighted by atomic mass is 10.3. The zero-order valence-electron chi connectivity index (χ0n) is 11.5. The van der Waals surface area contributed by atoms with Crippen molar-refractivity contribution < 1.29 is 26.7 Å². The van der Waals surface area contributed by atoms with E-state index in [2.05, 4.69) is 15.5 Å². The number of alkyl halides is 3. The van der Waals surface area contributed by atoms with E-state index < -0.39 is 29.5 Å². The van der Waals surface area contributed by atoms with Crippen LogP contribution in [0.25, 0.3) is 0 Å². The topological polar surface area (TPSA) is 59.8 Å². The molecule has 0 fully saturated rings. The second-order valence-corrected chi connectivity index (χ2v) is 5.27. The Bertz CT molecular complexity index is 731. The van der Waals surface area contributed by atoms with Crippen LogP contribution in [0.3, 0.4) is 0 Å². The molecule has 0 atom stereocenters. The van der Waals surface area contributed by atoms with Crippen molar-refractivity contribution in [1.29, 1.82) is 0 Å². The summed E-state index contributed by atoms with van der Waals surface area (Å²) in [5, 5.41) is 8.33. The third-order valence-corrected chi connectivity index (χ3v) is 3.64. The van der Waals surface area contributed by atoms with Crippen molar-refractivity contribution in [2.45, 2.75) is 11.3 Å². The van der Waals surface area contributed by atoms with E-state index >= 15 is 0 Å². The number of hydrogen-bond acceptors (Lipinski definition) is 4. The van der Waals surface area contributed by atoms with Gasteiger partial charge in [0.15, 0.2) is 5.16 Å². The van der Waals surface area contributed by atoms with Crippen LogP contribution < -0.4 is 5.32 Å². The molecule has 0 unspecified atom stereocenters. The van der Waals surface area contributed by atoms with Crippen LogP contribution in [0.5, 0.6) is 0 Å². The van der Waals surface area contributed by atoms with E-state index in [0.717, 1.165) is 25.2 Å². The van der Waals surface area contributed by atoms with Gasteiger partial charge in [0.25, 0.3) is 0 Å². The van der Waals surface area contributed by atoms with Crippen LogP contribution in [0.15, 0.2) is 23.4 Å². The lowest BCUT2D eigenvalue weighted by molar-refractivity contribution is -0.147. The Hall–Kier alpha value is -2.17. The SMILES string of the molecule is Cn1c(SCC(=O)Nc2cc(F)ccc2F)nnc1C(F)(F)F. The second kappa shape index (κ2) is 6.52. The maximum atomic E-state index is 13.4. The predicted molar refractivity (Wildman–Crippen MR) is 71.7 cm³/mol. The maximum Gasteiger partial charge on any atom is 0.451 e. The first-order chi connectivity index (χ1) is 10.7. The van der Waals surface area contributed by atoms with Gasteiger partial charge in [0.2, 0.25) is 11.7 Å². The Balaban J connectivity index is 2.00. The molecule has 1 aromatic carbocycles. The molecule has 124 valence electrons. The number of thioether (sulfide) groups is 1. The van der Waals surface area contributed by atoms with Crippen molar-refractivity contribution in [2.24, 2.45) is 7.05 Å². The van der Waals surface area contributed by atoms with E-state index in [-0.39, 0.29) is 16.6 Å². The van der Waals surface area contributed by atoms with Crippen molar-refractivity contribution >= 4 is 23.4 Å². The molecule has 11 heteroatoms. The van der Waals surface area contributed by atoms with Crippen LogP contribution >= 0.6 is 11.8 Å². The molecule has 0 saturated heterocycles. The van der Waals surface area contributed by atoms with Gasteiger partial charge in [-0.1, -0.05) is 11.8 Å². The molecule has 2 rings (SSSR count). The highest BCUT2D eigenvalue weighted by atomic mass is 32.2. The summed E-state index contributed by atoms with van der Waals surface area (Å²) in [6, 6.07) is 2.52. The molecule has 0 spiro atoms. The molecule has 1 aromatic heterocycles. The molecule has 0 aliphatic heterocycles. The van der Waals surface area contributed by atoms with E-state index in [9.17, 15) is 26.7 Å². The minimum absolute atomic E-state index is 0.132. The second-order valence-electron chi connectivity index (χ2n) is 4.32. The van der Waals surface area contributed by atoms with Crippen molar-refractivity contribution in [3.63, 3.8) is 0 Å². The van der Waals surface area contributed by atoms with E-state index in [0.29, 0.717) is 16.3 Å². The number of anilines is 1. The molecule has 0 saturated carbocycles. The van der Waals surface area contributed by atoms with E-state index in [1.807, 2.05) is 0 Å². The number of rotatable bonds is 4. The molecular formula is C12H9F5N4OS. The number of carbonyl (C=O) groups is 1. The van der Waals surface area contributed by atoms with Gasteiger partial charge in [-0.15, -0.1) is 10.2 Å². The molecule has 2 aromatic rings. The fourth-order valence-corrected chi connectivity index (χ4v) is 2.31. The number of hydrogen-bond donors (Lipinski definition) is 1. The molecule has 23 heavy (non-hydrogen) atoms. The van der Waals surface area contributed by atoms with Gasteiger partial charge in [-0.05, 0) is 12.1 Å². The minimum Gasteiger partial charge on any atom is -0.323 e. The van der Waals surface area contributed by atoms with Crippen LogP contribution in [0.4, 0.5) is 27.6 Å². The number of halogens is 5. The quantitative estimate of drug-likeness (QED) is 0.679. The third-order valence-electron chi connectivity index (χ3n) is 2.62. The van der Waals surface area contributed by atoms with Crippen LogP contribution in [-0.4, -0.2) is 26.4 Å². The lowest BCUT2D eigenvalue weighted by Gasteiger charge is -2.07. The number of benzene rings is 1. The first-order valence-electron chi connectivity index (χ1n) is 6.03. The third kappa shape index (κ3) is 4.18. The summed E-state index contributed by atoms with van der Waals surface area (Å²) in [6.45, 7) is 0. The molecule has 0 radical (unpaired) electrons. The predicted octanol–water partition coefficient (Wildman–Crippen LogP) is 2.84. The first-order valence-corrected chi connectivity index (χ1v) is 7.01. The van der Waals surface area contributed by atoms with Crippen LogP contribution in [-0.2, 0) is 18.0 Å². The zero-order valence-corrected chi connectivity index (χ0v) is 12.3. The first kappa shape index (κ1) is 17.2. The Morgan fingerprint density at radius 3 is 2.61 bits per heavy atom. The van der Waals surface area contributed by atoms with Crippen molar-refractivity contribution in [3.05, 3.63) is 35.7 Å².